The molecule has 0 amide bonds. The molecule has 2 rings (SSSR count). The van der Waals surface area contributed by atoms with Crippen molar-refractivity contribution in [1.82, 2.24) is 5.32 Å². The van der Waals surface area contributed by atoms with Crippen molar-refractivity contribution in [2.45, 2.75) is 12.0 Å². The first kappa shape index (κ1) is 9.96. The maximum absolute atomic E-state index is 9.89. The van der Waals surface area contributed by atoms with Crippen LogP contribution in [0.15, 0.2) is 22.7 Å². The van der Waals surface area contributed by atoms with Crippen LogP contribution in [0.5, 0.6) is 5.75 Å². The standard InChI is InChI=1S/C10H12BrNO2/c11-8-1-2-9(13)7(3-8)4-10(14)5-12-6-10/h1-3,12-14H,4-6H2. The molecule has 0 unspecified atom stereocenters. The smallest absolute Gasteiger partial charge is 0.118 e. The Hall–Kier alpha value is -0.580. The summed E-state index contributed by atoms with van der Waals surface area (Å²) in [5, 5.41) is 22.5. The molecule has 1 aromatic carbocycles. The number of aromatic hydroxyl groups is 1. The van der Waals surface area contributed by atoms with Gasteiger partial charge < -0.3 is 15.5 Å². The zero-order valence-corrected chi connectivity index (χ0v) is 9.21. The molecule has 0 saturated carbocycles. The summed E-state index contributed by atoms with van der Waals surface area (Å²) >= 11 is 3.34. The molecule has 3 nitrogen and oxygen atoms in total. The molecule has 1 heterocycles. The molecule has 3 N–H and O–H groups in total. The molecule has 76 valence electrons. The largest absolute Gasteiger partial charge is 0.508 e. The monoisotopic (exact) mass is 257 g/mol. The summed E-state index contributed by atoms with van der Waals surface area (Å²) in [6.07, 6.45) is 0.491. The molecule has 1 aliphatic heterocycles. The van der Waals surface area contributed by atoms with Crippen LogP contribution in [0.3, 0.4) is 0 Å². The Kier molecular flexibility index (Phi) is 2.51. The second-order valence-electron chi connectivity index (χ2n) is 3.78. The van der Waals surface area contributed by atoms with Crippen LogP contribution in [0.4, 0.5) is 0 Å². The number of benzene rings is 1. The Balaban J connectivity index is 2.19. The summed E-state index contributed by atoms with van der Waals surface area (Å²) in [5.41, 5.74) is 0.0986. The molecule has 0 spiro atoms. The highest BCUT2D eigenvalue weighted by Crippen LogP contribution is 2.27. The van der Waals surface area contributed by atoms with E-state index in [0.29, 0.717) is 19.5 Å². The van der Waals surface area contributed by atoms with E-state index < -0.39 is 5.60 Å². The van der Waals surface area contributed by atoms with Crippen LogP contribution in [0.2, 0.25) is 0 Å². The highest BCUT2D eigenvalue weighted by atomic mass is 79.9. The Morgan fingerprint density at radius 1 is 1.43 bits per heavy atom. The number of hydrogen-bond acceptors (Lipinski definition) is 3. The van der Waals surface area contributed by atoms with Gasteiger partial charge in [0.15, 0.2) is 0 Å². The van der Waals surface area contributed by atoms with Gasteiger partial charge in [0.05, 0.1) is 5.60 Å². The molecular weight excluding hydrogens is 246 g/mol. The number of phenols is 1. The van der Waals surface area contributed by atoms with Gasteiger partial charge in [-0.3, -0.25) is 0 Å². The van der Waals surface area contributed by atoms with Crippen LogP contribution in [0, 0.1) is 0 Å². The van der Waals surface area contributed by atoms with Crippen LogP contribution in [0.1, 0.15) is 5.56 Å². The van der Waals surface area contributed by atoms with E-state index in [4.69, 9.17) is 0 Å². The van der Waals surface area contributed by atoms with Crippen LogP contribution in [-0.4, -0.2) is 28.9 Å². The second-order valence-corrected chi connectivity index (χ2v) is 4.69. The predicted octanol–water partition coefficient (Wildman–Crippen LogP) is 1.03. The van der Waals surface area contributed by atoms with Gasteiger partial charge >= 0.3 is 0 Å². The van der Waals surface area contributed by atoms with E-state index in [2.05, 4.69) is 21.2 Å². The lowest BCUT2D eigenvalue weighted by molar-refractivity contribution is -0.00945. The number of nitrogens with one attached hydrogen (secondary N) is 1. The summed E-state index contributed by atoms with van der Waals surface area (Å²) in [6, 6.07) is 5.25. The van der Waals surface area contributed by atoms with Gasteiger partial charge in [-0.2, -0.15) is 0 Å². The zero-order chi connectivity index (χ0) is 10.2. The van der Waals surface area contributed by atoms with Crippen molar-refractivity contribution in [2.75, 3.05) is 13.1 Å². The van der Waals surface area contributed by atoms with Crippen molar-refractivity contribution in [3.63, 3.8) is 0 Å². The van der Waals surface area contributed by atoms with E-state index in [9.17, 15) is 10.2 Å². The zero-order valence-electron chi connectivity index (χ0n) is 7.63. The quantitative estimate of drug-likeness (QED) is 0.742. The van der Waals surface area contributed by atoms with Crippen LogP contribution in [0.25, 0.3) is 0 Å². The van der Waals surface area contributed by atoms with E-state index >= 15 is 0 Å². The van der Waals surface area contributed by atoms with E-state index in [1.165, 1.54) is 0 Å². The van der Waals surface area contributed by atoms with Gasteiger partial charge in [0.1, 0.15) is 5.75 Å². The number of hydrogen-bond donors (Lipinski definition) is 3. The lowest BCUT2D eigenvalue weighted by atomic mass is 9.89. The SMILES string of the molecule is Oc1ccc(Br)cc1CC1(O)CNC1. The van der Waals surface area contributed by atoms with Crippen molar-refractivity contribution in [1.29, 1.82) is 0 Å². The first-order valence-corrected chi connectivity index (χ1v) is 5.29. The van der Waals surface area contributed by atoms with Crippen LogP contribution >= 0.6 is 15.9 Å². The predicted molar refractivity (Wildman–Crippen MR) is 57.3 cm³/mol. The molecule has 14 heavy (non-hydrogen) atoms. The third-order valence-electron chi connectivity index (χ3n) is 2.47. The van der Waals surface area contributed by atoms with Gasteiger partial charge in [0, 0.05) is 24.0 Å². The van der Waals surface area contributed by atoms with Crippen LogP contribution in [-0.2, 0) is 6.42 Å². The van der Waals surface area contributed by atoms with E-state index in [1.54, 1.807) is 12.1 Å². The molecule has 4 heteroatoms. The van der Waals surface area contributed by atoms with Gasteiger partial charge in [0.2, 0.25) is 0 Å². The maximum Gasteiger partial charge on any atom is 0.118 e. The first-order chi connectivity index (χ1) is 6.59. The van der Waals surface area contributed by atoms with Gasteiger partial charge in [-0.05, 0) is 23.8 Å². The first-order valence-electron chi connectivity index (χ1n) is 4.50. The van der Waals surface area contributed by atoms with E-state index in [0.717, 1.165) is 10.0 Å². The molecule has 1 fully saturated rings. The summed E-state index contributed by atoms with van der Waals surface area (Å²) < 4.78 is 0.918. The van der Waals surface area contributed by atoms with Crippen molar-refractivity contribution in [3.05, 3.63) is 28.2 Å². The Bertz CT molecular complexity index is 350. The second kappa shape index (κ2) is 3.53. The molecule has 1 aliphatic rings. The molecule has 1 saturated heterocycles. The minimum absolute atomic E-state index is 0.244. The third-order valence-corrected chi connectivity index (χ3v) is 2.96. The van der Waals surface area contributed by atoms with Gasteiger partial charge in [-0.25, -0.2) is 0 Å². The summed E-state index contributed by atoms with van der Waals surface area (Å²) in [4.78, 5) is 0. The van der Waals surface area contributed by atoms with Gasteiger partial charge in [0.25, 0.3) is 0 Å². The number of halogens is 1. The number of phenolic OH excluding ortho intramolecular Hbond substituents is 1. The molecule has 0 aromatic heterocycles. The fourth-order valence-corrected chi connectivity index (χ4v) is 2.00. The average molecular weight is 258 g/mol. The number of aliphatic hydroxyl groups is 1. The molecule has 0 radical (unpaired) electrons. The van der Waals surface area contributed by atoms with Crippen molar-refractivity contribution in [2.24, 2.45) is 0 Å². The summed E-state index contributed by atoms with van der Waals surface area (Å²) in [7, 11) is 0. The fourth-order valence-electron chi connectivity index (χ4n) is 1.59. The average Bonchev–Trinajstić information content (AvgIpc) is 2.09. The Labute approximate surface area is 90.9 Å². The molecule has 0 bridgehead atoms. The lowest BCUT2D eigenvalue weighted by Gasteiger charge is -2.37. The van der Waals surface area contributed by atoms with Gasteiger partial charge in [-0.15, -0.1) is 0 Å². The lowest BCUT2D eigenvalue weighted by Crippen LogP contribution is -2.60. The van der Waals surface area contributed by atoms with Crippen molar-refractivity contribution < 1.29 is 10.2 Å². The van der Waals surface area contributed by atoms with E-state index in [1.807, 2.05) is 6.07 Å². The minimum Gasteiger partial charge on any atom is -0.508 e. The number of β-amino-alcohol motifs (C(OH)–C–C–N with tert-alkyl or cyclic N) is 1. The molecular formula is C10H12BrNO2. The summed E-state index contributed by atoms with van der Waals surface area (Å²) in [5.74, 6) is 0.244. The third kappa shape index (κ3) is 1.92. The molecule has 1 aromatic rings. The van der Waals surface area contributed by atoms with Crippen molar-refractivity contribution in [3.8, 4) is 5.75 Å². The topological polar surface area (TPSA) is 52.5 Å². The van der Waals surface area contributed by atoms with Crippen molar-refractivity contribution >= 4 is 15.9 Å². The maximum atomic E-state index is 9.89. The Morgan fingerprint density at radius 3 is 2.71 bits per heavy atom. The van der Waals surface area contributed by atoms with E-state index in [-0.39, 0.29) is 5.75 Å². The molecule has 0 atom stereocenters. The normalized spacial score (nSPS) is 19.0. The molecule has 0 aliphatic carbocycles. The van der Waals surface area contributed by atoms with Crippen LogP contribution < -0.4 is 5.32 Å². The van der Waals surface area contributed by atoms with Gasteiger partial charge in [-0.1, -0.05) is 15.9 Å². The Morgan fingerprint density at radius 2 is 2.14 bits per heavy atom. The highest BCUT2D eigenvalue weighted by Gasteiger charge is 2.34. The highest BCUT2D eigenvalue weighted by molar-refractivity contribution is 9.10. The minimum atomic E-state index is -0.682. The number of rotatable bonds is 2. The summed E-state index contributed by atoms with van der Waals surface area (Å²) in [6.45, 7) is 1.19. The fraction of sp³-hybridized carbons (Fsp3) is 0.400.